The highest BCUT2D eigenvalue weighted by molar-refractivity contribution is 7.79. The Labute approximate surface area is 206 Å². The molecule has 0 saturated carbocycles. The number of benzene rings is 2. The van der Waals surface area contributed by atoms with Crippen molar-refractivity contribution in [3.8, 4) is 22.4 Å². The van der Waals surface area contributed by atoms with Gasteiger partial charge in [0.05, 0.1) is 26.7 Å². The summed E-state index contributed by atoms with van der Waals surface area (Å²) in [6.45, 7) is 3.95. The van der Waals surface area contributed by atoms with Crippen molar-refractivity contribution in [2.75, 3.05) is 5.75 Å². The molecule has 0 amide bonds. The molecule has 3 heterocycles. The van der Waals surface area contributed by atoms with E-state index in [0.717, 1.165) is 15.6 Å². The van der Waals surface area contributed by atoms with E-state index in [-0.39, 0.29) is 17.4 Å². The smallest absolute Gasteiger partial charge is 0.352 e. The number of H-pyrrole nitrogens is 2. The molecule has 0 aliphatic carbocycles. The minimum absolute atomic E-state index is 0.0237. The first-order chi connectivity index (χ1) is 16.7. The number of rotatable bonds is 7. The summed E-state index contributed by atoms with van der Waals surface area (Å²) in [6, 6.07) is 10.2. The van der Waals surface area contributed by atoms with E-state index >= 15 is 0 Å². The van der Waals surface area contributed by atoms with Crippen molar-refractivity contribution in [1.82, 2.24) is 15.0 Å². The third-order valence-electron chi connectivity index (χ3n) is 5.95. The van der Waals surface area contributed by atoms with Crippen molar-refractivity contribution < 1.29 is 23.1 Å². The summed E-state index contributed by atoms with van der Waals surface area (Å²) in [5.74, 6) is -1.55. The summed E-state index contributed by atoms with van der Waals surface area (Å²) in [5.41, 5.74) is 4.51. The molecule has 5 aromatic rings. The fraction of sp³-hybridized carbons (Fsp3) is 0.200. The minimum Gasteiger partial charge on any atom is -0.477 e. The van der Waals surface area contributed by atoms with Gasteiger partial charge in [-0.05, 0) is 35.7 Å². The summed E-state index contributed by atoms with van der Waals surface area (Å²) in [6.07, 6.45) is 2.07. The van der Waals surface area contributed by atoms with Crippen LogP contribution >= 0.6 is 11.3 Å². The zero-order valence-electron chi connectivity index (χ0n) is 18.9. The molecule has 35 heavy (non-hydrogen) atoms. The first-order valence-corrected chi connectivity index (χ1v) is 13.1. The second kappa shape index (κ2) is 9.03. The number of aromatic nitrogens is 3. The Balaban J connectivity index is 1.80. The molecule has 0 aliphatic rings. The van der Waals surface area contributed by atoms with Gasteiger partial charge < -0.3 is 19.6 Å². The zero-order chi connectivity index (χ0) is 24.9. The average molecular weight is 512 g/mol. The first kappa shape index (κ1) is 23.4. The lowest BCUT2D eigenvalue weighted by Crippen LogP contribution is -2.00. The molecule has 0 spiro atoms. The van der Waals surface area contributed by atoms with Gasteiger partial charge in [-0.15, -0.1) is 11.3 Å². The van der Waals surface area contributed by atoms with Crippen molar-refractivity contribution in [1.29, 1.82) is 0 Å². The Bertz CT molecular complexity index is 1620. The third-order valence-corrected chi connectivity index (χ3v) is 7.67. The number of nitrogens with zero attached hydrogens (tertiary/aromatic N) is 1. The van der Waals surface area contributed by atoms with Crippen LogP contribution in [0, 0.1) is 5.82 Å². The van der Waals surface area contributed by atoms with E-state index in [1.54, 1.807) is 6.20 Å². The Kier molecular flexibility index (Phi) is 6.04. The predicted molar refractivity (Wildman–Crippen MR) is 137 cm³/mol. The number of aryl methyl sites for hydroxylation is 1. The van der Waals surface area contributed by atoms with Gasteiger partial charge in [0.15, 0.2) is 11.1 Å². The molecular formula is C25H22FN3O4S2. The average Bonchev–Trinajstić information content (AvgIpc) is 3.52. The third kappa shape index (κ3) is 4.18. The fourth-order valence-corrected chi connectivity index (χ4v) is 6.14. The Morgan fingerprint density at radius 2 is 2.03 bits per heavy atom. The SMILES string of the molecule is CC(C)c1c(-c2cc(F)cc3[nH]ccc23)[nH]c(C(=O)O)c1-c1cccc2nc(CCS(=O)O)sc12. The molecule has 1 atom stereocenters. The van der Waals surface area contributed by atoms with Gasteiger partial charge in [-0.3, -0.25) is 0 Å². The van der Waals surface area contributed by atoms with Gasteiger partial charge in [0.2, 0.25) is 0 Å². The van der Waals surface area contributed by atoms with E-state index in [0.29, 0.717) is 44.8 Å². The van der Waals surface area contributed by atoms with Crippen LogP contribution in [0.1, 0.15) is 40.8 Å². The Hall–Kier alpha value is -3.34. The number of carbonyl (C=O) groups is 1. The van der Waals surface area contributed by atoms with Crippen LogP contribution in [0.4, 0.5) is 4.39 Å². The quantitative estimate of drug-likeness (QED) is 0.195. The minimum atomic E-state index is -1.93. The van der Waals surface area contributed by atoms with Crippen LogP contribution in [-0.2, 0) is 17.5 Å². The number of hydrogen-bond acceptors (Lipinski definition) is 4. The van der Waals surface area contributed by atoms with Gasteiger partial charge in [0.25, 0.3) is 0 Å². The molecule has 7 nitrogen and oxygen atoms in total. The van der Waals surface area contributed by atoms with Gasteiger partial charge >= 0.3 is 5.97 Å². The number of halogens is 1. The summed E-state index contributed by atoms with van der Waals surface area (Å²) in [7, 11) is 0. The molecule has 3 aromatic heterocycles. The van der Waals surface area contributed by atoms with Crippen molar-refractivity contribution in [3.05, 3.63) is 64.7 Å². The van der Waals surface area contributed by atoms with Gasteiger partial charge in [0.1, 0.15) is 11.5 Å². The highest BCUT2D eigenvalue weighted by atomic mass is 32.2. The lowest BCUT2D eigenvalue weighted by atomic mass is 9.90. The standard InChI is InChI=1S/C25H22FN3O4S2/c1-12(2)20-21(15-4-3-5-17-24(15)34-19(28-17)7-9-35(32)33)23(25(30)31)29-22(20)16-10-13(26)11-18-14(16)6-8-27-18/h3-6,8,10-12,27,29H,7,9H2,1-2H3,(H,30,31)(H,32,33). The summed E-state index contributed by atoms with van der Waals surface area (Å²) in [5, 5.41) is 11.6. The Morgan fingerprint density at radius 3 is 2.74 bits per heavy atom. The molecule has 4 N–H and O–H groups in total. The molecule has 180 valence electrons. The topological polar surface area (TPSA) is 119 Å². The molecule has 0 fully saturated rings. The molecule has 2 aromatic carbocycles. The molecular weight excluding hydrogens is 489 g/mol. The number of carboxylic acids is 1. The van der Waals surface area contributed by atoms with Crippen LogP contribution in [0.2, 0.25) is 0 Å². The van der Waals surface area contributed by atoms with E-state index < -0.39 is 22.9 Å². The van der Waals surface area contributed by atoms with Crippen LogP contribution in [0.15, 0.2) is 42.6 Å². The maximum atomic E-state index is 14.5. The summed E-state index contributed by atoms with van der Waals surface area (Å²) >= 11 is -0.542. The van der Waals surface area contributed by atoms with E-state index in [1.807, 2.05) is 38.1 Å². The lowest BCUT2D eigenvalue weighted by Gasteiger charge is -2.13. The van der Waals surface area contributed by atoms with Crippen LogP contribution in [-0.4, -0.2) is 40.5 Å². The van der Waals surface area contributed by atoms with Crippen LogP contribution < -0.4 is 0 Å². The van der Waals surface area contributed by atoms with Crippen molar-refractivity contribution >= 4 is 49.5 Å². The molecule has 0 aliphatic heterocycles. The maximum absolute atomic E-state index is 14.5. The molecule has 10 heteroatoms. The lowest BCUT2D eigenvalue weighted by molar-refractivity contribution is 0.0692. The van der Waals surface area contributed by atoms with E-state index in [4.69, 9.17) is 4.55 Å². The summed E-state index contributed by atoms with van der Waals surface area (Å²) < 4.78 is 35.6. The highest BCUT2D eigenvalue weighted by Gasteiger charge is 2.28. The number of aromatic amines is 2. The zero-order valence-corrected chi connectivity index (χ0v) is 20.5. The van der Waals surface area contributed by atoms with Crippen LogP contribution in [0.5, 0.6) is 0 Å². The number of nitrogens with one attached hydrogen (secondary N) is 2. The molecule has 1 unspecified atom stereocenters. The van der Waals surface area contributed by atoms with Crippen LogP contribution in [0.25, 0.3) is 43.5 Å². The number of fused-ring (bicyclic) bond motifs is 2. The van der Waals surface area contributed by atoms with Gasteiger partial charge in [-0.2, -0.15) is 0 Å². The van der Waals surface area contributed by atoms with E-state index in [9.17, 15) is 18.5 Å². The Morgan fingerprint density at radius 1 is 1.23 bits per heavy atom. The predicted octanol–water partition coefficient (Wildman–Crippen LogP) is 6.16. The largest absolute Gasteiger partial charge is 0.477 e. The van der Waals surface area contributed by atoms with Crippen molar-refractivity contribution in [3.63, 3.8) is 0 Å². The van der Waals surface area contributed by atoms with Gasteiger partial charge in [-0.1, -0.05) is 26.0 Å². The number of hydrogen-bond donors (Lipinski definition) is 4. The van der Waals surface area contributed by atoms with Crippen molar-refractivity contribution in [2.45, 2.75) is 26.2 Å². The summed E-state index contributed by atoms with van der Waals surface area (Å²) in [4.78, 5) is 23.1. The maximum Gasteiger partial charge on any atom is 0.352 e. The number of thiazole rings is 1. The molecule has 0 bridgehead atoms. The number of carboxylic acid groups (broad SMARTS) is 1. The van der Waals surface area contributed by atoms with Crippen LogP contribution in [0.3, 0.4) is 0 Å². The second-order valence-corrected chi connectivity index (χ2v) is 10.7. The van der Waals surface area contributed by atoms with E-state index in [1.165, 1.54) is 23.5 Å². The normalized spacial score (nSPS) is 12.7. The fourth-order valence-electron chi connectivity index (χ4n) is 4.56. The molecule has 0 radical (unpaired) electrons. The van der Waals surface area contributed by atoms with Crippen molar-refractivity contribution in [2.24, 2.45) is 0 Å². The van der Waals surface area contributed by atoms with E-state index in [2.05, 4.69) is 15.0 Å². The first-order valence-electron chi connectivity index (χ1n) is 11.0. The highest BCUT2D eigenvalue weighted by Crippen LogP contribution is 2.45. The molecule has 5 rings (SSSR count). The van der Waals surface area contributed by atoms with Gasteiger partial charge in [-0.25, -0.2) is 18.4 Å². The van der Waals surface area contributed by atoms with Gasteiger partial charge in [0, 0.05) is 40.2 Å². The monoisotopic (exact) mass is 511 g/mol. The molecule has 0 saturated heterocycles. The number of aromatic carboxylic acids is 1. The second-order valence-electron chi connectivity index (χ2n) is 8.55.